The van der Waals surface area contributed by atoms with E-state index in [1.807, 2.05) is 6.08 Å². The van der Waals surface area contributed by atoms with E-state index in [0.29, 0.717) is 12.1 Å². The fourth-order valence-corrected chi connectivity index (χ4v) is 3.95. The molecule has 0 aromatic heterocycles. The molecule has 1 N–H and O–H groups in total. The van der Waals surface area contributed by atoms with Crippen LogP contribution < -0.4 is 5.32 Å². The number of nitrogens with one attached hydrogen (secondary N) is 1. The minimum absolute atomic E-state index is 0.283. The topological polar surface area (TPSA) is 12.0 Å². The highest BCUT2D eigenvalue weighted by Crippen LogP contribution is 2.32. The van der Waals surface area contributed by atoms with E-state index >= 15 is 0 Å². The Morgan fingerprint density at radius 2 is 1.79 bits per heavy atom. The van der Waals surface area contributed by atoms with Crippen molar-refractivity contribution in [3.05, 3.63) is 76.4 Å². The van der Waals surface area contributed by atoms with Crippen molar-refractivity contribution >= 4 is 5.57 Å². The predicted octanol–water partition coefficient (Wildman–Crippen LogP) is 6.21. The van der Waals surface area contributed by atoms with Gasteiger partial charge in [0, 0.05) is 12.6 Å². The van der Waals surface area contributed by atoms with E-state index < -0.39 is 11.7 Å². The zero-order valence-corrected chi connectivity index (χ0v) is 16.6. The molecule has 2 aromatic carbocycles. The van der Waals surface area contributed by atoms with Gasteiger partial charge in [-0.15, -0.1) is 0 Å². The van der Waals surface area contributed by atoms with Gasteiger partial charge in [0.2, 0.25) is 0 Å². The molecule has 28 heavy (non-hydrogen) atoms. The van der Waals surface area contributed by atoms with Crippen LogP contribution in [-0.2, 0) is 25.4 Å². The third-order valence-electron chi connectivity index (χ3n) is 5.60. The Bertz CT molecular complexity index is 836. The van der Waals surface area contributed by atoms with Crippen molar-refractivity contribution in [1.29, 1.82) is 0 Å². The summed E-state index contributed by atoms with van der Waals surface area (Å²) in [7, 11) is 0. The fraction of sp³-hybridized carbons (Fsp3) is 0.417. The van der Waals surface area contributed by atoms with E-state index in [2.05, 4.69) is 37.4 Å². The summed E-state index contributed by atoms with van der Waals surface area (Å²) in [5.41, 5.74) is 5.28. The predicted molar refractivity (Wildman–Crippen MR) is 109 cm³/mol. The maximum atomic E-state index is 13.0. The SMILES string of the molecule is CCc1ccc(CCC2CC(c3cccc(C(F)(F)F)c3)=CCN2)cc1CC. The van der Waals surface area contributed by atoms with Gasteiger partial charge in [-0.3, -0.25) is 0 Å². The zero-order chi connectivity index (χ0) is 20.1. The third-order valence-corrected chi connectivity index (χ3v) is 5.60. The van der Waals surface area contributed by atoms with Crippen molar-refractivity contribution in [3.8, 4) is 0 Å². The van der Waals surface area contributed by atoms with Gasteiger partial charge in [0.1, 0.15) is 0 Å². The Morgan fingerprint density at radius 1 is 1.00 bits per heavy atom. The van der Waals surface area contributed by atoms with Gasteiger partial charge in [0.05, 0.1) is 5.56 Å². The third kappa shape index (κ3) is 5.05. The summed E-state index contributed by atoms with van der Waals surface area (Å²) >= 11 is 0. The first-order valence-electron chi connectivity index (χ1n) is 10.1. The van der Waals surface area contributed by atoms with Gasteiger partial charge >= 0.3 is 6.18 Å². The first-order valence-corrected chi connectivity index (χ1v) is 10.1. The van der Waals surface area contributed by atoms with E-state index in [4.69, 9.17) is 0 Å². The average molecular weight is 387 g/mol. The Morgan fingerprint density at radius 3 is 2.50 bits per heavy atom. The van der Waals surface area contributed by atoms with Crippen molar-refractivity contribution in [2.75, 3.05) is 6.54 Å². The molecule has 0 aliphatic carbocycles. The largest absolute Gasteiger partial charge is 0.416 e. The van der Waals surface area contributed by atoms with Crippen molar-refractivity contribution in [2.45, 2.75) is 58.2 Å². The Balaban J connectivity index is 1.65. The molecule has 3 rings (SSSR count). The monoisotopic (exact) mass is 387 g/mol. The van der Waals surface area contributed by atoms with E-state index in [0.717, 1.165) is 43.7 Å². The van der Waals surface area contributed by atoms with Gasteiger partial charge in [0.15, 0.2) is 0 Å². The number of hydrogen-bond donors (Lipinski definition) is 1. The number of halogens is 3. The molecule has 0 bridgehead atoms. The van der Waals surface area contributed by atoms with Crippen LogP contribution in [0.3, 0.4) is 0 Å². The van der Waals surface area contributed by atoms with Crippen LogP contribution in [0.5, 0.6) is 0 Å². The highest BCUT2D eigenvalue weighted by Gasteiger charge is 2.30. The lowest BCUT2D eigenvalue weighted by atomic mass is 9.90. The highest BCUT2D eigenvalue weighted by molar-refractivity contribution is 5.67. The molecule has 0 amide bonds. The molecule has 1 atom stereocenters. The second-order valence-corrected chi connectivity index (χ2v) is 7.47. The molecule has 0 saturated carbocycles. The average Bonchev–Trinajstić information content (AvgIpc) is 2.71. The highest BCUT2D eigenvalue weighted by atomic mass is 19.4. The maximum absolute atomic E-state index is 13.0. The van der Waals surface area contributed by atoms with Crippen LogP contribution in [0.1, 0.15) is 54.5 Å². The van der Waals surface area contributed by atoms with Crippen LogP contribution in [0.25, 0.3) is 5.57 Å². The van der Waals surface area contributed by atoms with Crippen molar-refractivity contribution in [1.82, 2.24) is 5.32 Å². The van der Waals surface area contributed by atoms with Crippen LogP contribution in [-0.4, -0.2) is 12.6 Å². The molecular formula is C24H28F3N. The molecule has 2 aromatic rings. The summed E-state index contributed by atoms with van der Waals surface area (Å²) in [6.07, 6.45) is 2.52. The molecule has 1 unspecified atom stereocenters. The lowest BCUT2D eigenvalue weighted by Crippen LogP contribution is -2.33. The van der Waals surface area contributed by atoms with Crippen LogP contribution in [0.4, 0.5) is 13.2 Å². The maximum Gasteiger partial charge on any atom is 0.416 e. The first-order chi connectivity index (χ1) is 13.4. The molecule has 4 heteroatoms. The summed E-state index contributed by atoms with van der Waals surface area (Å²) in [6.45, 7) is 5.07. The van der Waals surface area contributed by atoms with Crippen LogP contribution in [0.15, 0.2) is 48.5 Å². The molecule has 150 valence electrons. The molecule has 0 radical (unpaired) electrons. The molecule has 1 heterocycles. The van der Waals surface area contributed by atoms with E-state index in [1.165, 1.54) is 28.8 Å². The van der Waals surface area contributed by atoms with E-state index in [9.17, 15) is 13.2 Å². The van der Waals surface area contributed by atoms with Gasteiger partial charge in [0.25, 0.3) is 0 Å². The van der Waals surface area contributed by atoms with Crippen LogP contribution in [0.2, 0.25) is 0 Å². The number of benzene rings is 2. The van der Waals surface area contributed by atoms with Crippen molar-refractivity contribution in [3.63, 3.8) is 0 Å². The standard InChI is InChI=1S/C24H28F3N/c1-3-18-10-8-17(14-19(18)4-2)9-11-23-16-21(12-13-28-23)20-6-5-7-22(15-20)24(25,26)27/h5-8,10,12,14-15,23,28H,3-4,9,11,13,16H2,1-2H3. The van der Waals surface area contributed by atoms with Gasteiger partial charge in [-0.1, -0.05) is 50.3 Å². The molecule has 0 spiro atoms. The summed E-state index contributed by atoms with van der Waals surface area (Å²) < 4.78 is 39.0. The number of alkyl halides is 3. The summed E-state index contributed by atoms with van der Waals surface area (Å²) in [4.78, 5) is 0. The molecule has 1 nitrogen and oxygen atoms in total. The molecular weight excluding hydrogens is 359 g/mol. The molecule has 0 saturated heterocycles. The summed E-state index contributed by atoms with van der Waals surface area (Å²) in [5.74, 6) is 0. The van der Waals surface area contributed by atoms with E-state index in [1.54, 1.807) is 6.07 Å². The van der Waals surface area contributed by atoms with Crippen LogP contribution in [0, 0.1) is 0 Å². The quantitative estimate of drug-likeness (QED) is 0.621. The fourth-order valence-electron chi connectivity index (χ4n) is 3.95. The van der Waals surface area contributed by atoms with Gasteiger partial charge < -0.3 is 5.32 Å². The van der Waals surface area contributed by atoms with E-state index in [-0.39, 0.29) is 6.04 Å². The number of aryl methyl sites for hydroxylation is 3. The van der Waals surface area contributed by atoms with Crippen molar-refractivity contribution < 1.29 is 13.2 Å². The number of rotatable bonds is 6. The first kappa shape index (κ1) is 20.7. The normalized spacial score (nSPS) is 17.5. The smallest absolute Gasteiger partial charge is 0.310 e. The van der Waals surface area contributed by atoms with Gasteiger partial charge in [-0.05, 0) is 72.1 Å². The molecule has 0 fully saturated rings. The number of hydrogen-bond acceptors (Lipinski definition) is 1. The molecule has 1 aliphatic heterocycles. The second-order valence-electron chi connectivity index (χ2n) is 7.47. The van der Waals surface area contributed by atoms with Crippen LogP contribution >= 0.6 is 0 Å². The minimum Gasteiger partial charge on any atom is -0.310 e. The Labute approximate surface area is 165 Å². The summed E-state index contributed by atoms with van der Waals surface area (Å²) in [6, 6.07) is 12.7. The van der Waals surface area contributed by atoms with Crippen molar-refractivity contribution in [2.24, 2.45) is 0 Å². The molecule has 1 aliphatic rings. The second kappa shape index (κ2) is 8.95. The zero-order valence-electron chi connectivity index (χ0n) is 16.6. The Hall–Kier alpha value is -2.07. The minimum atomic E-state index is -4.30. The lowest BCUT2D eigenvalue weighted by molar-refractivity contribution is -0.137. The summed E-state index contributed by atoms with van der Waals surface area (Å²) in [5, 5.41) is 3.49. The lowest BCUT2D eigenvalue weighted by Gasteiger charge is -2.25. The van der Waals surface area contributed by atoms with Gasteiger partial charge in [-0.25, -0.2) is 0 Å². The van der Waals surface area contributed by atoms with Gasteiger partial charge in [-0.2, -0.15) is 13.2 Å². The Kier molecular flexibility index (Phi) is 6.61.